The van der Waals surface area contributed by atoms with Gasteiger partial charge in [0.25, 0.3) is 0 Å². The van der Waals surface area contributed by atoms with Crippen LogP contribution in [0.25, 0.3) is 11.1 Å². The summed E-state index contributed by atoms with van der Waals surface area (Å²) in [5.74, 6) is 0.914. The lowest BCUT2D eigenvalue weighted by molar-refractivity contribution is 0.175. The molecule has 0 spiro atoms. The maximum Gasteiger partial charge on any atom is 0.405 e. The van der Waals surface area contributed by atoms with Crippen LogP contribution in [0.15, 0.2) is 36.4 Å². The van der Waals surface area contributed by atoms with E-state index in [0.29, 0.717) is 0 Å². The highest BCUT2D eigenvalue weighted by atomic mass is 16.5. The summed E-state index contributed by atoms with van der Waals surface area (Å²) >= 11 is 0. The molecule has 0 fully saturated rings. The molecule has 0 radical (unpaired) electrons. The molecule has 4 nitrogen and oxygen atoms in total. The first kappa shape index (κ1) is 18.3. The molecule has 2 N–H and O–H groups in total. The second kappa shape index (κ2) is 6.67. The summed E-state index contributed by atoms with van der Waals surface area (Å²) in [6.07, 6.45) is 0.0334. The number of ether oxygens (including phenoxy) is 1. The lowest BCUT2D eigenvalue weighted by Crippen LogP contribution is -2.34. The van der Waals surface area contributed by atoms with E-state index < -0.39 is 6.09 Å². The Hall–Kier alpha value is -2.49. The van der Waals surface area contributed by atoms with Gasteiger partial charge >= 0.3 is 6.09 Å². The lowest BCUT2D eigenvalue weighted by Gasteiger charge is -2.27. The van der Waals surface area contributed by atoms with Crippen molar-refractivity contribution in [1.82, 2.24) is 5.32 Å². The Morgan fingerprint density at radius 3 is 2.46 bits per heavy atom. The van der Waals surface area contributed by atoms with Crippen molar-refractivity contribution < 1.29 is 14.6 Å². The Kier molecular flexibility index (Phi) is 4.70. The van der Waals surface area contributed by atoms with Crippen LogP contribution in [0.3, 0.4) is 0 Å². The van der Waals surface area contributed by atoms with Crippen molar-refractivity contribution in [3.8, 4) is 16.9 Å². The Labute approximate surface area is 155 Å². The lowest BCUT2D eigenvalue weighted by atomic mass is 9.85. The fourth-order valence-electron chi connectivity index (χ4n) is 3.85. The first-order chi connectivity index (χ1) is 12.2. The van der Waals surface area contributed by atoms with Crippen molar-refractivity contribution in [1.29, 1.82) is 0 Å². The molecule has 2 aromatic carbocycles. The zero-order chi connectivity index (χ0) is 19.1. The van der Waals surface area contributed by atoms with E-state index in [2.05, 4.69) is 56.4 Å². The van der Waals surface area contributed by atoms with Crippen LogP contribution >= 0.6 is 0 Å². The van der Waals surface area contributed by atoms with E-state index in [1.165, 1.54) is 5.56 Å². The Bertz CT molecular complexity index is 839. The SMILES string of the molecule is Cc1cc(-c2ccc3c(c2)CC(C)(C)[C@H]3NC(=O)O)ccc1OC(C)C. The predicted molar refractivity (Wildman–Crippen MR) is 104 cm³/mol. The average Bonchev–Trinajstić information content (AvgIpc) is 2.78. The van der Waals surface area contributed by atoms with Crippen molar-refractivity contribution >= 4 is 6.09 Å². The summed E-state index contributed by atoms with van der Waals surface area (Å²) in [4.78, 5) is 11.2. The quantitative estimate of drug-likeness (QED) is 0.780. The van der Waals surface area contributed by atoms with E-state index in [1.807, 2.05) is 19.9 Å². The molecular weight excluding hydrogens is 326 g/mol. The van der Waals surface area contributed by atoms with Gasteiger partial charge in [0.1, 0.15) is 5.75 Å². The van der Waals surface area contributed by atoms with Gasteiger partial charge in [0, 0.05) is 0 Å². The Morgan fingerprint density at radius 1 is 1.19 bits per heavy atom. The maximum atomic E-state index is 11.2. The highest BCUT2D eigenvalue weighted by Crippen LogP contribution is 2.46. The highest BCUT2D eigenvalue weighted by molar-refractivity contribution is 5.69. The number of carbonyl (C=O) groups is 1. The van der Waals surface area contributed by atoms with Crippen LogP contribution in [0.4, 0.5) is 4.79 Å². The zero-order valence-corrected chi connectivity index (χ0v) is 16.1. The fraction of sp³-hybridized carbons (Fsp3) is 0.409. The van der Waals surface area contributed by atoms with Crippen LogP contribution in [0.5, 0.6) is 5.75 Å². The van der Waals surface area contributed by atoms with Gasteiger partial charge in [0.2, 0.25) is 0 Å². The summed E-state index contributed by atoms with van der Waals surface area (Å²) in [5, 5.41) is 11.8. The molecule has 1 aliphatic rings. The van der Waals surface area contributed by atoms with E-state index >= 15 is 0 Å². The minimum Gasteiger partial charge on any atom is -0.491 e. The molecule has 1 aliphatic carbocycles. The standard InChI is InChI=1S/C22H27NO3/c1-13(2)26-19-9-7-15(10-14(19)3)16-6-8-18-17(11-16)12-22(4,5)20(18)23-21(24)25/h6-11,13,20,23H,12H2,1-5H3,(H,24,25)/t20-/m0/s1. The first-order valence-electron chi connectivity index (χ1n) is 9.07. The Balaban J connectivity index is 1.93. The number of carboxylic acid groups (broad SMARTS) is 1. The van der Waals surface area contributed by atoms with Crippen LogP contribution in [-0.4, -0.2) is 17.3 Å². The van der Waals surface area contributed by atoms with Crippen LogP contribution in [0.2, 0.25) is 0 Å². The summed E-state index contributed by atoms with van der Waals surface area (Å²) in [5.41, 5.74) is 5.57. The minimum atomic E-state index is -0.976. The zero-order valence-electron chi connectivity index (χ0n) is 16.1. The average molecular weight is 353 g/mol. The van der Waals surface area contributed by atoms with Gasteiger partial charge < -0.3 is 15.2 Å². The Morgan fingerprint density at radius 2 is 1.85 bits per heavy atom. The van der Waals surface area contributed by atoms with Gasteiger partial charge in [0.15, 0.2) is 0 Å². The second-order valence-electron chi connectivity index (χ2n) is 8.11. The number of fused-ring (bicyclic) bond motifs is 1. The molecule has 0 aliphatic heterocycles. The monoisotopic (exact) mass is 353 g/mol. The predicted octanol–water partition coefficient (Wildman–Crippen LogP) is 5.34. The van der Waals surface area contributed by atoms with Crippen molar-refractivity contribution in [3.63, 3.8) is 0 Å². The molecule has 1 atom stereocenters. The van der Waals surface area contributed by atoms with Crippen molar-refractivity contribution in [2.75, 3.05) is 0 Å². The molecule has 0 heterocycles. The van der Waals surface area contributed by atoms with Gasteiger partial charge in [-0.2, -0.15) is 0 Å². The maximum absolute atomic E-state index is 11.2. The van der Waals surface area contributed by atoms with Gasteiger partial charge in [-0.3, -0.25) is 0 Å². The van der Waals surface area contributed by atoms with Gasteiger partial charge in [0.05, 0.1) is 12.1 Å². The molecular formula is C22H27NO3. The molecule has 0 aromatic heterocycles. The number of amides is 1. The van der Waals surface area contributed by atoms with Crippen LogP contribution in [0.1, 0.15) is 50.4 Å². The normalized spacial score (nSPS) is 17.8. The third-order valence-corrected chi connectivity index (χ3v) is 5.02. The van der Waals surface area contributed by atoms with Crippen LogP contribution in [0, 0.1) is 12.3 Å². The van der Waals surface area contributed by atoms with Gasteiger partial charge in [-0.15, -0.1) is 0 Å². The molecule has 0 unspecified atom stereocenters. The van der Waals surface area contributed by atoms with E-state index in [4.69, 9.17) is 9.84 Å². The minimum absolute atomic E-state index is 0.135. The van der Waals surface area contributed by atoms with Gasteiger partial charge in [-0.05, 0) is 72.6 Å². The second-order valence-corrected chi connectivity index (χ2v) is 8.11. The molecule has 3 rings (SSSR count). The smallest absolute Gasteiger partial charge is 0.405 e. The molecule has 26 heavy (non-hydrogen) atoms. The molecule has 0 saturated heterocycles. The molecule has 1 amide bonds. The number of hydrogen-bond acceptors (Lipinski definition) is 2. The summed E-state index contributed by atoms with van der Waals surface area (Å²) in [6, 6.07) is 12.4. The molecule has 0 bridgehead atoms. The third-order valence-electron chi connectivity index (χ3n) is 5.02. The largest absolute Gasteiger partial charge is 0.491 e. The number of benzene rings is 2. The third kappa shape index (κ3) is 3.55. The fourth-order valence-corrected chi connectivity index (χ4v) is 3.85. The number of rotatable bonds is 4. The molecule has 0 saturated carbocycles. The van der Waals surface area contributed by atoms with Gasteiger partial charge in [-0.1, -0.05) is 38.1 Å². The topological polar surface area (TPSA) is 58.6 Å². The number of aryl methyl sites for hydroxylation is 1. The summed E-state index contributed by atoms with van der Waals surface area (Å²) in [7, 11) is 0. The molecule has 138 valence electrons. The first-order valence-corrected chi connectivity index (χ1v) is 9.07. The van der Waals surface area contributed by atoms with Gasteiger partial charge in [-0.25, -0.2) is 4.79 Å². The molecule has 2 aromatic rings. The number of nitrogens with one attached hydrogen (secondary N) is 1. The van der Waals surface area contributed by atoms with Crippen molar-refractivity contribution in [2.24, 2.45) is 5.41 Å². The van der Waals surface area contributed by atoms with Crippen LogP contribution < -0.4 is 10.1 Å². The van der Waals surface area contributed by atoms with E-state index in [-0.39, 0.29) is 17.6 Å². The summed E-state index contributed by atoms with van der Waals surface area (Å²) in [6.45, 7) is 10.3. The number of hydrogen-bond donors (Lipinski definition) is 2. The van der Waals surface area contributed by atoms with Crippen molar-refractivity contribution in [2.45, 2.75) is 53.2 Å². The summed E-state index contributed by atoms with van der Waals surface area (Å²) < 4.78 is 5.82. The van der Waals surface area contributed by atoms with E-state index in [1.54, 1.807) is 0 Å². The van der Waals surface area contributed by atoms with E-state index in [0.717, 1.165) is 34.4 Å². The van der Waals surface area contributed by atoms with Crippen molar-refractivity contribution in [3.05, 3.63) is 53.1 Å². The molecule has 4 heteroatoms. The highest BCUT2D eigenvalue weighted by Gasteiger charge is 2.39. The van der Waals surface area contributed by atoms with Crippen LogP contribution in [-0.2, 0) is 6.42 Å². The van der Waals surface area contributed by atoms with E-state index in [9.17, 15) is 4.79 Å².